The predicted molar refractivity (Wildman–Crippen MR) is 244 cm³/mol. The van der Waals surface area contributed by atoms with Crippen LogP contribution in [0, 0.1) is 36.5 Å². The molecule has 65 heavy (non-hydrogen) atoms. The molecule has 0 saturated carbocycles. The van der Waals surface area contributed by atoms with E-state index in [-0.39, 0.29) is 25.0 Å². The lowest BCUT2D eigenvalue weighted by molar-refractivity contribution is -0.136. The summed E-state index contributed by atoms with van der Waals surface area (Å²) in [5.41, 5.74) is 17.2. The maximum atomic E-state index is 12.6. The molecule has 0 aliphatic carbocycles. The molecule has 6 heterocycles. The van der Waals surface area contributed by atoms with Crippen LogP contribution in [-0.2, 0) is 28.9 Å². The van der Waals surface area contributed by atoms with E-state index in [0.29, 0.717) is 28.2 Å². The fraction of sp³-hybridized carbons (Fsp3) is 0.120. The molecule has 15 heteroatoms. The minimum Gasteiger partial charge on any atom is -0.481 e. The van der Waals surface area contributed by atoms with Crippen LogP contribution >= 0.6 is 0 Å². The minimum atomic E-state index is -1.00. The third-order valence-corrected chi connectivity index (χ3v) is 9.31. The lowest BCUT2D eigenvalue weighted by Crippen LogP contribution is -2.08. The fourth-order valence-electron chi connectivity index (χ4n) is 6.33. The third-order valence-electron chi connectivity index (χ3n) is 9.31. The minimum absolute atomic E-state index is 0.0381. The normalized spacial score (nSPS) is 10.1. The Labute approximate surface area is 376 Å². The summed E-state index contributed by atoms with van der Waals surface area (Å²) in [5, 5.41) is 43.2. The SMILES string of the molecule is Cc1cc(-c2ccc(CC(=O)Cc3ccc(-c4cccnn4)cn3)cc2C#N)ccn1.Cc1cc(-c2ccc(CC(=O)O)cc2C#N)ccn1.Nc1ccc(-c2cccnn2)cn1.[2H]CF. The molecule has 8 rings (SSSR count). The van der Waals surface area contributed by atoms with Gasteiger partial charge in [0.1, 0.15) is 11.6 Å². The van der Waals surface area contributed by atoms with Crippen molar-refractivity contribution in [1.82, 2.24) is 40.3 Å². The first-order valence-electron chi connectivity index (χ1n) is 20.4. The molecule has 6 aromatic heterocycles. The van der Waals surface area contributed by atoms with E-state index in [9.17, 15) is 24.5 Å². The first-order valence-corrected chi connectivity index (χ1v) is 19.7. The summed E-state index contributed by atoms with van der Waals surface area (Å²) in [6.45, 7) is 3.80. The molecular formula is C50H42FN11O3. The Morgan fingerprint density at radius 1 is 0.631 bits per heavy atom. The molecule has 0 unspecified atom stereocenters. The number of alkyl halides is 1. The van der Waals surface area contributed by atoms with Crippen LogP contribution in [0.4, 0.5) is 10.2 Å². The Bertz CT molecular complexity index is 2950. The van der Waals surface area contributed by atoms with Crippen molar-refractivity contribution in [2.45, 2.75) is 33.1 Å². The zero-order chi connectivity index (χ0) is 47.3. The summed E-state index contributed by atoms with van der Waals surface area (Å²) in [5.74, 6) is -0.361. The molecular weight excluding hydrogens is 822 g/mol. The lowest BCUT2D eigenvalue weighted by Gasteiger charge is -2.08. The number of rotatable bonds is 10. The van der Waals surface area contributed by atoms with Gasteiger partial charge in [-0.3, -0.25) is 28.9 Å². The van der Waals surface area contributed by atoms with E-state index in [1.54, 1.807) is 67.5 Å². The van der Waals surface area contributed by atoms with Crippen molar-refractivity contribution < 1.29 is 20.5 Å². The Kier molecular flexibility index (Phi) is 16.7. The first-order chi connectivity index (χ1) is 32.0. The number of benzene rings is 2. The van der Waals surface area contributed by atoms with E-state index >= 15 is 0 Å². The number of aliphatic carboxylic acids is 1. The molecule has 0 radical (unpaired) electrons. The predicted octanol–water partition coefficient (Wildman–Crippen LogP) is 8.40. The molecule has 0 spiro atoms. The van der Waals surface area contributed by atoms with E-state index in [1.807, 2.05) is 92.7 Å². The number of carbonyl (C=O) groups excluding carboxylic acids is 1. The smallest absolute Gasteiger partial charge is 0.307 e. The Balaban J connectivity index is 0.000000198. The van der Waals surface area contributed by atoms with Gasteiger partial charge in [0, 0.05) is 78.2 Å². The standard InChI is InChI=1S/C25H19N5O.C15H12N2O2.C9H8N4.CH3F/c1-17-11-19(8-10-27-17)24-7-4-18(12-21(24)15-26)13-23(31)14-22-6-5-20(16-28-22)25-3-2-9-29-30-25;1-10-6-12(4-5-17-10)14-3-2-11(8-15(18)19)7-13(14)9-16;10-9-4-3-7(6-11-9)8-2-1-5-12-13-8;1-2/h2-12,16H,13-14H2,1H3;2-7H,8H2,1H3,(H,18,19);1-6H,(H2,10,11);1H3/i;;;1D. The van der Waals surface area contributed by atoms with Gasteiger partial charge in [0.25, 0.3) is 0 Å². The van der Waals surface area contributed by atoms with Crippen LogP contribution in [0.25, 0.3) is 44.8 Å². The number of nitrogens with two attached hydrogens (primary N) is 1. The largest absolute Gasteiger partial charge is 0.481 e. The number of aryl methyl sites for hydroxylation is 2. The van der Waals surface area contributed by atoms with Gasteiger partial charge in [-0.15, -0.1) is 0 Å². The summed E-state index contributed by atoms with van der Waals surface area (Å²) in [6, 6.07) is 37.3. The van der Waals surface area contributed by atoms with Crippen molar-refractivity contribution in [1.29, 1.82) is 10.5 Å². The lowest BCUT2D eigenvalue weighted by atomic mass is 9.96. The monoisotopic (exact) mass is 864 g/mol. The van der Waals surface area contributed by atoms with Gasteiger partial charge in [0.15, 0.2) is 0 Å². The van der Waals surface area contributed by atoms with Crippen LogP contribution in [0.5, 0.6) is 0 Å². The number of hydrogen-bond donors (Lipinski definition) is 2. The van der Waals surface area contributed by atoms with E-state index in [4.69, 9.17) is 12.2 Å². The number of anilines is 1. The number of ketones is 1. The number of carbonyl (C=O) groups is 2. The van der Waals surface area contributed by atoms with E-state index < -0.39 is 13.1 Å². The third kappa shape index (κ3) is 14.0. The van der Waals surface area contributed by atoms with Gasteiger partial charge in [-0.05, 0) is 132 Å². The Hall–Kier alpha value is -8.95. The second kappa shape index (κ2) is 23.9. The number of nitrogens with zero attached hydrogens (tertiary/aromatic N) is 10. The van der Waals surface area contributed by atoms with Crippen molar-refractivity contribution in [2.75, 3.05) is 12.9 Å². The van der Waals surface area contributed by atoms with Crippen molar-refractivity contribution >= 4 is 17.6 Å². The number of carboxylic acid groups (broad SMARTS) is 1. The van der Waals surface area contributed by atoms with Crippen molar-refractivity contribution in [2.24, 2.45) is 0 Å². The van der Waals surface area contributed by atoms with Gasteiger partial charge in [0.05, 0.1) is 49.6 Å². The van der Waals surface area contributed by atoms with Crippen LogP contribution in [0.2, 0.25) is 0 Å². The number of nitrogen functional groups attached to an aromatic ring is 1. The Morgan fingerprint density at radius 3 is 1.55 bits per heavy atom. The highest BCUT2D eigenvalue weighted by molar-refractivity contribution is 5.83. The van der Waals surface area contributed by atoms with Crippen LogP contribution < -0.4 is 5.73 Å². The molecule has 0 saturated heterocycles. The first kappa shape index (κ1) is 45.6. The molecule has 0 aliphatic heterocycles. The number of aromatic nitrogens is 8. The summed E-state index contributed by atoms with van der Waals surface area (Å²) in [7, 11) is -1.00. The van der Waals surface area contributed by atoms with Crippen LogP contribution in [0.3, 0.4) is 0 Å². The van der Waals surface area contributed by atoms with E-state index in [2.05, 4.69) is 52.5 Å². The molecule has 3 N–H and O–H groups in total. The molecule has 0 fully saturated rings. The maximum absolute atomic E-state index is 12.6. The maximum Gasteiger partial charge on any atom is 0.307 e. The van der Waals surface area contributed by atoms with E-state index in [1.165, 1.54) is 0 Å². The summed E-state index contributed by atoms with van der Waals surface area (Å²) in [4.78, 5) is 39.9. The van der Waals surface area contributed by atoms with Gasteiger partial charge in [-0.2, -0.15) is 30.9 Å². The molecule has 322 valence electrons. The topological polar surface area (TPSA) is 231 Å². The number of nitriles is 2. The Morgan fingerprint density at radius 2 is 1.14 bits per heavy atom. The summed E-state index contributed by atoms with van der Waals surface area (Å²) >= 11 is 0. The zero-order valence-electron chi connectivity index (χ0n) is 36.4. The summed E-state index contributed by atoms with van der Waals surface area (Å²) < 4.78 is 15.5. The highest BCUT2D eigenvalue weighted by atomic mass is 19.1. The van der Waals surface area contributed by atoms with Gasteiger partial charge >= 0.3 is 5.97 Å². The van der Waals surface area contributed by atoms with Crippen LogP contribution in [-0.4, -0.2) is 64.3 Å². The number of pyridine rings is 4. The zero-order valence-corrected chi connectivity index (χ0v) is 35.4. The van der Waals surface area contributed by atoms with Gasteiger partial charge in [-0.25, -0.2) is 4.98 Å². The highest BCUT2D eigenvalue weighted by Gasteiger charge is 2.12. The van der Waals surface area contributed by atoms with Gasteiger partial charge in [-0.1, -0.05) is 24.3 Å². The summed E-state index contributed by atoms with van der Waals surface area (Å²) in [6.07, 6.45) is 10.4. The number of carboxylic acids is 1. The van der Waals surface area contributed by atoms with Crippen molar-refractivity contribution in [3.8, 4) is 56.9 Å². The van der Waals surface area contributed by atoms with Crippen molar-refractivity contribution in [3.63, 3.8) is 0 Å². The van der Waals surface area contributed by atoms with Crippen LogP contribution in [0.1, 0.15) is 40.7 Å². The molecule has 0 atom stereocenters. The average molecular weight is 865 g/mol. The number of hydrogen-bond acceptors (Lipinski definition) is 13. The van der Waals surface area contributed by atoms with Crippen LogP contribution in [0.15, 0.2) is 146 Å². The number of halogens is 1. The second-order valence-corrected chi connectivity index (χ2v) is 14.0. The average Bonchev–Trinajstić information content (AvgIpc) is 3.33. The highest BCUT2D eigenvalue weighted by Crippen LogP contribution is 2.26. The molecule has 14 nitrogen and oxygen atoms in total. The molecule has 8 aromatic rings. The molecule has 0 aliphatic rings. The second-order valence-electron chi connectivity index (χ2n) is 14.0. The molecule has 0 bridgehead atoms. The quantitative estimate of drug-likeness (QED) is 0.131. The number of Topliss-reactive ketones (excluding diaryl/α,β-unsaturated/α-hetero) is 1. The van der Waals surface area contributed by atoms with Crippen molar-refractivity contribution in [3.05, 3.63) is 186 Å². The fourth-order valence-corrected chi connectivity index (χ4v) is 6.33. The van der Waals surface area contributed by atoms with Gasteiger partial charge < -0.3 is 10.8 Å². The van der Waals surface area contributed by atoms with Gasteiger partial charge in [0.2, 0.25) is 0 Å². The molecule has 0 amide bonds. The van der Waals surface area contributed by atoms with E-state index in [0.717, 1.165) is 61.7 Å². The molecule has 2 aromatic carbocycles.